The maximum atomic E-state index is 12.7. The zero-order chi connectivity index (χ0) is 20.1. The molecule has 1 saturated heterocycles. The van der Waals surface area contributed by atoms with Gasteiger partial charge in [-0.15, -0.1) is 11.3 Å². The van der Waals surface area contributed by atoms with E-state index < -0.39 is 10.0 Å². The highest BCUT2D eigenvalue weighted by Gasteiger charge is 2.30. The number of sulfonamides is 1. The van der Waals surface area contributed by atoms with Crippen LogP contribution in [0.4, 0.5) is 0 Å². The van der Waals surface area contributed by atoms with Crippen LogP contribution in [0.2, 0.25) is 4.34 Å². The normalized spacial score (nSPS) is 16.8. The molecule has 0 saturated carbocycles. The fourth-order valence-corrected chi connectivity index (χ4v) is 6.36. The van der Waals surface area contributed by atoms with Gasteiger partial charge in [-0.1, -0.05) is 16.8 Å². The topological polar surface area (TPSA) is 102 Å². The molecule has 0 amide bonds. The van der Waals surface area contributed by atoms with Crippen LogP contribution in [-0.2, 0) is 16.7 Å². The van der Waals surface area contributed by atoms with Gasteiger partial charge in [-0.2, -0.15) is 9.40 Å². The minimum absolute atomic E-state index is 0.242. The van der Waals surface area contributed by atoms with E-state index >= 15 is 0 Å². The first-order chi connectivity index (χ1) is 13.3. The van der Waals surface area contributed by atoms with Gasteiger partial charge < -0.3 is 4.52 Å². The average Bonchev–Trinajstić information content (AvgIpc) is 3.27. The third-order valence-electron chi connectivity index (χ3n) is 4.74. The number of piperazine rings is 1. The van der Waals surface area contributed by atoms with Crippen LogP contribution < -0.4 is 5.56 Å². The van der Waals surface area contributed by atoms with Crippen molar-refractivity contribution in [2.45, 2.75) is 24.7 Å². The summed E-state index contributed by atoms with van der Waals surface area (Å²) in [6.07, 6.45) is 0. The number of aryl methyl sites for hydroxylation is 2. The van der Waals surface area contributed by atoms with Crippen molar-refractivity contribution in [3.8, 4) is 0 Å². The fourth-order valence-electron chi connectivity index (χ4n) is 3.30. The average molecular weight is 444 g/mol. The van der Waals surface area contributed by atoms with Crippen molar-refractivity contribution in [1.82, 2.24) is 24.1 Å². The number of halogens is 1. The molecule has 0 unspecified atom stereocenters. The van der Waals surface area contributed by atoms with Crippen molar-refractivity contribution < 1.29 is 12.9 Å². The predicted molar refractivity (Wildman–Crippen MR) is 105 cm³/mol. The number of rotatable bonds is 4. The monoisotopic (exact) mass is 443 g/mol. The lowest BCUT2D eigenvalue weighted by atomic mass is 10.2. The second-order valence-electron chi connectivity index (χ2n) is 6.57. The Balaban J connectivity index is 1.49. The standard InChI is InChI=1S/C16H18ClN5O4S2/c1-10-14-11(2)26-19-15(14)16(23)22(18-10)9-20-5-7-21(8-6-20)28(24,25)13-4-3-12(17)27-13/h3-4H,5-9H2,1-2H3. The third kappa shape index (κ3) is 3.37. The largest absolute Gasteiger partial charge is 0.360 e. The van der Waals surface area contributed by atoms with E-state index in [0.29, 0.717) is 47.4 Å². The molecule has 4 rings (SSSR count). The van der Waals surface area contributed by atoms with E-state index in [9.17, 15) is 13.2 Å². The molecule has 4 heterocycles. The number of thiophene rings is 1. The molecule has 0 N–H and O–H groups in total. The molecule has 9 nitrogen and oxygen atoms in total. The van der Waals surface area contributed by atoms with Gasteiger partial charge in [0.1, 0.15) is 9.97 Å². The molecule has 3 aromatic rings. The Bertz CT molecular complexity index is 1190. The lowest BCUT2D eigenvalue weighted by Crippen LogP contribution is -2.49. The van der Waals surface area contributed by atoms with E-state index in [-0.39, 0.29) is 22.0 Å². The Labute approximate surface area is 170 Å². The molecule has 1 aliphatic rings. The smallest absolute Gasteiger partial charge is 0.298 e. The maximum absolute atomic E-state index is 12.7. The molecule has 3 aromatic heterocycles. The van der Waals surface area contributed by atoms with E-state index in [1.807, 2.05) is 4.90 Å². The van der Waals surface area contributed by atoms with Gasteiger partial charge in [0.15, 0.2) is 5.52 Å². The zero-order valence-electron chi connectivity index (χ0n) is 15.3. The summed E-state index contributed by atoms with van der Waals surface area (Å²) in [6, 6.07) is 3.10. The number of hydrogen-bond acceptors (Lipinski definition) is 8. The Morgan fingerprint density at radius 2 is 1.93 bits per heavy atom. The number of aromatic nitrogens is 3. The highest BCUT2D eigenvalue weighted by molar-refractivity contribution is 7.91. The summed E-state index contributed by atoms with van der Waals surface area (Å²) >= 11 is 6.91. The van der Waals surface area contributed by atoms with Crippen LogP contribution >= 0.6 is 22.9 Å². The zero-order valence-corrected chi connectivity index (χ0v) is 17.6. The van der Waals surface area contributed by atoms with Crippen molar-refractivity contribution in [3.63, 3.8) is 0 Å². The Kier molecular flexibility index (Phi) is 5.04. The van der Waals surface area contributed by atoms with E-state index in [0.717, 1.165) is 11.3 Å². The van der Waals surface area contributed by atoms with Gasteiger partial charge in [0, 0.05) is 26.2 Å². The number of fused-ring (bicyclic) bond motifs is 1. The first kappa shape index (κ1) is 19.5. The van der Waals surface area contributed by atoms with E-state index in [2.05, 4.69) is 10.3 Å². The first-order valence-electron chi connectivity index (χ1n) is 8.59. The minimum atomic E-state index is -3.54. The van der Waals surface area contributed by atoms with E-state index in [4.69, 9.17) is 16.1 Å². The molecule has 12 heteroatoms. The fraction of sp³-hybridized carbons (Fsp3) is 0.438. The Hall–Kier alpha value is -1.79. The van der Waals surface area contributed by atoms with Crippen LogP contribution in [0.1, 0.15) is 11.5 Å². The molecule has 0 atom stereocenters. The highest BCUT2D eigenvalue weighted by atomic mass is 35.5. The van der Waals surface area contributed by atoms with E-state index in [1.54, 1.807) is 19.9 Å². The van der Waals surface area contributed by atoms with Gasteiger partial charge in [-0.05, 0) is 26.0 Å². The number of nitrogens with zero attached hydrogens (tertiary/aromatic N) is 5. The molecule has 0 radical (unpaired) electrons. The van der Waals surface area contributed by atoms with E-state index in [1.165, 1.54) is 15.1 Å². The van der Waals surface area contributed by atoms with Gasteiger partial charge in [0.2, 0.25) is 0 Å². The van der Waals surface area contributed by atoms with Crippen molar-refractivity contribution in [2.24, 2.45) is 0 Å². The summed E-state index contributed by atoms with van der Waals surface area (Å²) < 4.78 is 34.0. The van der Waals surface area contributed by atoms with Crippen LogP contribution in [0, 0.1) is 13.8 Å². The summed E-state index contributed by atoms with van der Waals surface area (Å²) in [5.41, 5.74) is 0.616. The van der Waals surface area contributed by atoms with Crippen molar-refractivity contribution in [2.75, 3.05) is 26.2 Å². The molecule has 0 spiro atoms. The molecule has 1 aliphatic heterocycles. The number of hydrogen-bond donors (Lipinski definition) is 0. The molecule has 150 valence electrons. The quantitative estimate of drug-likeness (QED) is 0.604. The predicted octanol–water partition coefficient (Wildman–Crippen LogP) is 1.68. The summed E-state index contributed by atoms with van der Waals surface area (Å²) in [5, 5.41) is 8.86. The summed E-state index contributed by atoms with van der Waals surface area (Å²) in [5.74, 6) is 0.566. The van der Waals surface area contributed by atoms with Crippen LogP contribution in [-0.4, -0.2) is 58.7 Å². The van der Waals surface area contributed by atoms with Crippen molar-refractivity contribution in [3.05, 3.63) is 38.3 Å². The molecule has 1 fully saturated rings. The van der Waals surface area contributed by atoms with Crippen LogP contribution in [0.5, 0.6) is 0 Å². The molecule has 0 aromatic carbocycles. The second kappa shape index (κ2) is 7.23. The lowest BCUT2D eigenvalue weighted by Gasteiger charge is -2.33. The van der Waals surface area contributed by atoms with Gasteiger partial charge in [0.05, 0.1) is 22.1 Å². The van der Waals surface area contributed by atoms with Crippen molar-refractivity contribution >= 4 is 43.9 Å². The molecule has 28 heavy (non-hydrogen) atoms. The van der Waals surface area contributed by atoms with Gasteiger partial charge in [-0.3, -0.25) is 9.69 Å². The van der Waals surface area contributed by atoms with Gasteiger partial charge in [-0.25, -0.2) is 13.1 Å². The van der Waals surface area contributed by atoms with Gasteiger partial charge in [0.25, 0.3) is 15.6 Å². The molecular formula is C16H18ClN5O4S2. The second-order valence-corrected chi connectivity index (χ2v) is 10.5. The SMILES string of the molecule is Cc1nn(CN2CCN(S(=O)(=O)c3ccc(Cl)s3)CC2)c(=O)c2noc(C)c12. The van der Waals surface area contributed by atoms with Crippen molar-refractivity contribution in [1.29, 1.82) is 0 Å². The maximum Gasteiger partial charge on any atom is 0.298 e. The van der Waals surface area contributed by atoms with Crippen LogP contribution in [0.15, 0.2) is 25.7 Å². The van der Waals surface area contributed by atoms with Gasteiger partial charge >= 0.3 is 0 Å². The molecule has 0 aliphatic carbocycles. The Morgan fingerprint density at radius 1 is 1.21 bits per heavy atom. The summed E-state index contributed by atoms with van der Waals surface area (Å²) in [6.45, 7) is 5.45. The third-order valence-corrected chi connectivity index (χ3v) is 8.34. The lowest BCUT2D eigenvalue weighted by molar-refractivity contribution is 0.143. The molecular weight excluding hydrogens is 426 g/mol. The Morgan fingerprint density at radius 3 is 2.57 bits per heavy atom. The van der Waals surface area contributed by atoms with Crippen LogP contribution in [0.25, 0.3) is 10.9 Å². The molecule has 0 bridgehead atoms. The summed E-state index contributed by atoms with van der Waals surface area (Å²) in [7, 11) is -3.54. The first-order valence-corrected chi connectivity index (χ1v) is 11.2. The minimum Gasteiger partial charge on any atom is -0.360 e. The summed E-state index contributed by atoms with van der Waals surface area (Å²) in [4.78, 5) is 14.6. The highest BCUT2D eigenvalue weighted by Crippen LogP contribution is 2.28. The van der Waals surface area contributed by atoms with Crippen LogP contribution in [0.3, 0.4) is 0 Å².